The molecule has 1 heterocycles. The molecule has 0 bridgehead atoms. The molecule has 16 heavy (non-hydrogen) atoms. The highest BCUT2D eigenvalue weighted by Crippen LogP contribution is 2.18. The molecule has 1 N–H and O–H groups in total. The molecule has 0 saturated carbocycles. The first-order valence-electron chi connectivity index (χ1n) is 6.80. The van der Waals surface area contributed by atoms with E-state index in [-0.39, 0.29) is 0 Å². The van der Waals surface area contributed by atoms with E-state index in [1.54, 1.807) is 0 Å². The molecule has 0 aromatic heterocycles. The van der Waals surface area contributed by atoms with E-state index in [0.717, 1.165) is 5.92 Å². The first kappa shape index (κ1) is 14.3. The lowest BCUT2D eigenvalue weighted by Gasteiger charge is -2.28. The molecule has 0 atom stereocenters. The van der Waals surface area contributed by atoms with Crippen LogP contribution in [-0.4, -0.2) is 49.6 Å². The van der Waals surface area contributed by atoms with Crippen molar-refractivity contribution in [3.63, 3.8) is 0 Å². The molecule has 1 rings (SSSR count). The lowest BCUT2D eigenvalue weighted by molar-refractivity contribution is 0.212. The van der Waals surface area contributed by atoms with Crippen LogP contribution < -0.4 is 5.32 Å². The average Bonchev–Trinajstić information content (AvgIpc) is 2.30. The van der Waals surface area contributed by atoms with Crippen LogP contribution in [-0.2, 0) is 0 Å². The van der Waals surface area contributed by atoms with Gasteiger partial charge in [-0.1, -0.05) is 6.92 Å². The fraction of sp³-hybridized carbons (Fsp3) is 1.00. The average molecular weight is 244 g/mol. The van der Waals surface area contributed by atoms with Gasteiger partial charge in [0.05, 0.1) is 0 Å². The zero-order chi connectivity index (χ0) is 11.6. The zero-order valence-corrected chi connectivity index (χ0v) is 11.8. The monoisotopic (exact) mass is 244 g/mol. The molecule has 0 aromatic carbocycles. The summed E-state index contributed by atoms with van der Waals surface area (Å²) in [5, 5.41) is 3.58. The second-order valence-corrected chi connectivity index (χ2v) is 6.23. The Kier molecular flexibility index (Phi) is 8.34. The molecule has 1 fully saturated rings. The molecule has 3 heteroatoms. The van der Waals surface area contributed by atoms with Crippen molar-refractivity contribution in [2.45, 2.75) is 32.6 Å². The molecular formula is C13H28N2S. The summed E-state index contributed by atoms with van der Waals surface area (Å²) in [5.41, 5.74) is 0. The van der Waals surface area contributed by atoms with E-state index in [1.165, 1.54) is 63.4 Å². The van der Waals surface area contributed by atoms with Crippen molar-refractivity contribution in [1.82, 2.24) is 10.2 Å². The van der Waals surface area contributed by atoms with Gasteiger partial charge in [0.25, 0.3) is 0 Å². The van der Waals surface area contributed by atoms with Crippen molar-refractivity contribution in [3.05, 3.63) is 0 Å². The van der Waals surface area contributed by atoms with Crippen molar-refractivity contribution in [2.24, 2.45) is 5.92 Å². The van der Waals surface area contributed by atoms with Crippen LogP contribution in [0.2, 0.25) is 0 Å². The minimum absolute atomic E-state index is 0.980. The Bertz CT molecular complexity index is 156. The smallest absolute Gasteiger partial charge is 0.00191 e. The number of hydrogen-bond donors (Lipinski definition) is 1. The van der Waals surface area contributed by atoms with Gasteiger partial charge in [-0.05, 0) is 76.3 Å². The maximum absolute atomic E-state index is 3.58. The van der Waals surface area contributed by atoms with Gasteiger partial charge >= 0.3 is 0 Å². The van der Waals surface area contributed by atoms with Crippen LogP contribution in [0.5, 0.6) is 0 Å². The maximum atomic E-state index is 3.58. The Hall–Kier alpha value is 0.270. The van der Waals surface area contributed by atoms with E-state index < -0.39 is 0 Å². The number of nitrogens with one attached hydrogen (secondary N) is 1. The van der Waals surface area contributed by atoms with Crippen LogP contribution in [0, 0.1) is 5.92 Å². The Balaban J connectivity index is 1.84. The summed E-state index contributed by atoms with van der Waals surface area (Å²) in [4.78, 5) is 2.45. The van der Waals surface area contributed by atoms with Crippen LogP contribution in [0.1, 0.15) is 32.6 Å². The molecule has 0 unspecified atom stereocenters. The number of likely N-dealkylation sites (tertiary alicyclic amines) is 1. The van der Waals surface area contributed by atoms with E-state index in [9.17, 15) is 0 Å². The lowest BCUT2D eigenvalue weighted by Crippen LogP contribution is -2.31. The molecule has 1 saturated heterocycles. The van der Waals surface area contributed by atoms with Crippen molar-refractivity contribution in [2.75, 3.05) is 44.7 Å². The van der Waals surface area contributed by atoms with Gasteiger partial charge in [0.1, 0.15) is 0 Å². The second kappa shape index (κ2) is 9.32. The Labute approximate surface area is 106 Å². The Morgan fingerprint density at radius 1 is 1.25 bits per heavy atom. The molecule has 2 nitrogen and oxygen atoms in total. The van der Waals surface area contributed by atoms with Crippen LogP contribution in [0.4, 0.5) is 0 Å². The van der Waals surface area contributed by atoms with Crippen molar-refractivity contribution in [1.29, 1.82) is 0 Å². The first-order valence-corrected chi connectivity index (χ1v) is 7.95. The highest BCUT2D eigenvalue weighted by Gasteiger charge is 2.15. The van der Waals surface area contributed by atoms with Gasteiger partial charge in [-0.2, -0.15) is 11.8 Å². The summed E-state index contributed by atoms with van der Waals surface area (Å²) in [7, 11) is 2.24. The molecule has 1 aliphatic heterocycles. The Morgan fingerprint density at radius 2 is 2.00 bits per heavy atom. The van der Waals surface area contributed by atoms with Crippen LogP contribution in [0.3, 0.4) is 0 Å². The highest BCUT2D eigenvalue weighted by atomic mass is 32.2. The van der Waals surface area contributed by atoms with Gasteiger partial charge in [-0.15, -0.1) is 0 Å². The lowest BCUT2D eigenvalue weighted by atomic mass is 9.94. The van der Waals surface area contributed by atoms with Crippen LogP contribution >= 0.6 is 11.8 Å². The largest absolute Gasteiger partial charge is 0.317 e. The maximum Gasteiger partial charge on any atom is -0.00191 e. The summed E-state index contributed by atoms with van der Waals surface area (Å²) in [5.74, 6) is 3.56. The Morgan fingerprint density at radius 3 is 2.69 bits per heavy atom. The second-order valence-electron chi connectivity index (χ2n) is 4.84. The normalized spacial score (nSPS) is 19.1. The van der Waals surface area contributed by atoms with E-state index in [0.29, 0.717) is 0 Å². The summed E-state index contributed by atoms with van der Waals surface area (Å²) < 4.78 is 0. The topological polar surface area (TPSA) is 15.3 Å². The number of piperidine rings is 1. The summed E-state index contributed by atoms with van der Waals surface area (Å²) in [6.07, 6.45) is 5.52. The first-order chi connectivity index (χ1) is 7.83. The third-order valence-corrected chi connectivity index (χ3v) is 4.40. The fourth-order valence-corrected chi connectivity index (χ4v) is 2.86. The number of nitrogens with zero attached hydrogens (tertiary/aromatic N) is 1. The zero-order valence-electron chi connectivity index (χ0n) is 11.0. The molecule has 0 radical (unpaired) electrons. The summed E-state index contributed by atoms with van der Waals surface area (Å²) in [6.45, 7) is 7.28. The molecule has 0 amide bonds. The van der Waals surface area contributed by atoms with E-state index >= 15 is 0 Å². The summed E-state index contributed by atoms with van der Waals surface area (Å²) in [6, 6.07) is 0. The van der Waals surface area contributed by atoms with Gasteiger partial charge in [0.2, 0.25) is 0 Å². The molecule has 0 aliphatic carbocycles. The minimum atomic E-state index is 0.980. The van der Waals surface area contributed by atoms with Gasteiger partial charge in [0.15, 0.2) is 0 Å². The number of thioether (sulfide) groups is 1. The molecule has 0 spiro atoms. The molecule has 96 valence electrons. The third kappa shape index (κ3) is 6.77. The van der Waals surface area contributed by atoms with Crippen LogP contribution in [0.15, 0.2) is 0 Å². The van der Waals surface area contributed by atoms with Crippen molar-refractivity contribution < 1.29 is 0 Å². The van der Waals surface area contributed by atoms with Gasteiger partial charge in [-0.3, -0.25) is 0 Å². The predicted molar refractivity (Wildman–Crippen MR) is 75.3 cm³/mol. The number of hydrogen-bond acceptors (Lipinski definition) is 3. The predicted octanol–water partition coefficient (Wildman–Crippen LogP) is 2.45. The quantitative estimate of drug-likeness (QED) is 0.660. The van der Waals surface area contributed by atoms with E-state index in [4.69, 9.17) is 0 Å². The fourth-order valence-electron chi connectivity index (χ4n) is 2.23. The number of rotatable bonds is 8. The minimum Gasteiger partial charge on any atom is -0.317 e. The standard InChI is InChI=1S/C13H28N2S/c1-3-16-12-4-8-14-9-5-13-6-10-15(2)11-7-13/h13-14H,3-12H2,1-2H3. The van der Waals surface area contributed by atoms with Crippen molar-refractivity contribution in [3.8, 4) is 0 Å². The van der Waals surface area contributed by atoms with Gasteiger partial charge < -0.3 is 10.2 Å². The third-order valence-electron chi connectivity index (χ3n) is 3.41. The van der Waals surface area contributed by atoms with Gasteiger partial charge in [-0.25, -0.2) is 0 Å². The highest BCUT2D eigenvalue weighted by molar-refractivity contribution is 7.99. The van der Waals surface area contributed by atoms with Crippen LogP contribution in [0.25, 0.3) is 0 Å². The molecular weight excluding hydrogens is 216 g/mol. The molecule has 0 aromatic rings. The van der Waals surface area contributed by atoms with E-state index in [2.05, 4.69) is 24.2 Å². The van der Waals surface area contributed by atoms with E-state index in [1.807, 2.05) is 11.8 Å². The summed E-state index contributed by atoms with van der Waals surface area (Å²) >= 11 is 2.05. The van der Waals surface area contributed by atoms with Crippen molar-refractivity contribution >= 4 is 11.8 Å². The SMILES string of the molecule is CCSCCCNCCC1CCN(C)CC1. The molecule has 1 aliphatic rings. The van der Waals surface area contributed by atoms with Gasteiger partial charge in [0, 0.05) is 0 Å².